The van der Waals surface area contributed by atoms with Crippen molar-refractivity contribution in [2.45, 2.75) is 13.1 Å². The van der Waals surface area contributed by atoms with Gasteiger partial charge in [-0.25, -0.2) is 0 Å². The molecule has 0 unspecified atom stereocenters. The Balaban J connectivity index is 1.99. The molecule has 0 atom stereocenters. The van der Waals surface area contributed by atoms with E-state index in [9.17, 15) is 15.3 Å². The van der Waals surface area contributed by atoms with Crippen molar-refractivity contribution in [1.29, 1.82) is 0 Å². The Bertz CT molecular complexity index is 551. The molecule has 96 valence electrons. The van der Waals surface area contributed by atoms with Crippen molar-refractivity contribution in [1.82, 2.24) is 15.1 Å². The van der Waals surface area contributed by atoms with Crippen molar-refractivity contribution in [2.24, 2.45) is 7.05 Å². The summed E-state index contributed by atoms with van der Waals surface area (Å²) < 4.78 is 1.75. The molecule has 0 aliphatic heterocycles. The van der Waals surface area contributed by atoms with Crippen LogP contribution in [0.15, 0.2) is 24.4 Å². The molecule has 0 saturated carbocycles. The number of nitrogens with zero attached hydrogens (tertiary/aromatic N) is 2. The average molecular weight is 249 g/mol. The first-order valence-corrected chi connectivity index (χ1v) is 5.50. The molecule has 1 heterocycles. The molecule has 1 aromatic heterocycles. The minimum absolute atomic E-state index is 0.299. The highest BCUT2D eigenvalue weighted by Gasteiger charge is 2.10. The number of hydrogen-bond acceptors (Lipinski definition) is 5. The van der Waals surface area contributed by atoms with Gasteiger partial charge in [0.25, 0.3) is 0 Å². The number of aryl methyl sites for hydroxylation is 1. The summed E-state index contributed by atoms with van der Waals surface area (Å²) in [4.78, 5) is 0. The van der Waals surface area contributed by atoms with Crippen LogP contribution in [0.25, 0.3) is 0 Å². The third kappa shape index (κ3) is 2.38. The fourth-order valence-electron chi connectivity index (χ4n) is 1.65. The Morgan fingerprint density at radius 1 is 1.11 bits per heavy atom. The minimum atomic E-state index is -0.491. The zero-order valence-corrected chi connectivity index (χ0v) is 9.96. The van der Waals surface area contributed by atoms with Crippen LogP contribution in [0, 0.1) is 0 Å². The van der Waals surface area contributed by atoms with E-state index in [4.69, 9.17) is 0 Å². The van der Waals surface area contributed by atoms with E-state index in [-0.39, 0.29) is 11.5 Å². The molecule has 18 heavy (non-hydrogen) atoms. The van der Waals surface area contributed by atoms with Gasteiger partial charge in [-0.1, -0.05) is 6.07 Å². The SMILES string of the molecule is Cn1nccc1CNCc1ccc(O)c(O)c1O. The third-order valence-electron chi connectivity index (χ3n) is 2.76. The van der Waals surface area contributed by atoms with Crippen LogP contribution in [0.1, 0.15) is 11.3 Å². The number of aromatic hydroxyl groups is 3. The summed E-state index contributed by atoms with van der Waals surface area (Å²) in [6.45, 7) is 0.975. The summed E-state index contributed by atoms with van der Waals surface area (Å²) in [5.74, 6) is -1.12. The van der Waals surface area contributed by atoms with Crippen LogP contribution in [-0.4, -0.2) is 25.1 Å². The highest BCUT2D eigenvalue weighted by atomic mass is 16.3. The zero-order chi connectivity index (χ0) is 13.1. The Kier molecular flexibility index (Phi) is 3.38. The lowest BCUT2D eigenvalue weighted by Gasteiger charge is -2.09. The summed E-state index contributed by atoms with van der Waals surface area (Å²) in [7, 11) is 1.85. The number of phenols is 3. The molecule has 6 nitrogen and oxygen atoms in total. The number of nitrogens with one attached hydrogen (secondary N) is 1. The fraction of sp³-hybridized carbons (Fsp3) is 0.250. The van der Waals surface area contributed by atoms with E-state index in [1.807, 2.05) is 13.1 Å². The summed E-state index contributed by atoms with van der Waals surface area (Å²) in [5, 5.41) is 35.3. The molecule has 0 spiro atoms. The van der Waals surface area contributed by atoms with Crippen LogP contribution < -0.4 is 5.32 Å². The molecule has 1 aromatic carbocycles. The van der Waals surface area contributed by atoms with Crippen molar-refractivity contribution in [3.63, 3.8) is 0 Å². The Morgan fingerprint density at radius 3 is 2.56 bits per heavy atom. The molecule has 0 bridgehead atoms. The molecule has 2 rings (SSSR count). The Morgan fingerprint density at radius 2 is 1.89 bits per heavy atom. The summed E-state index contributed by atoms with van der Waals surface area (Å²) >= 11 is 0. The van der Waals surface area contributed by atoms with E-state index < -0.39 is 5.75 Å². The van der Waals surface area contributed by atoms with Gasteiger partial charge in [0.05, 0.1) is 5.69 Å². The molecule has 0 radical (unpaired) electrons. The quantitative estimate of drug-likeness (QED) is 0.602. The van der Waals surface area contributed by atoms with Crippen LogP contribution >= 0.6 is 0 Å². The van der Waals surface area contributed by atoms with Gasteiger partial charge in [0.1, 0.15) is 0 Å². The van der Waals surface area contributed by atoms with Crippen molar-refractivity contribution >= 4 is 0 Å². The van der Waals surface area contributed by atoms with E-state index in [1.54, 1.807) is 16.9 Å². The van der Waals surface area contributed by atoms with Crippen LogP contribution in [0.5, 0.6) is 17.2 Å². The highest BCUT2D eigenvalue weighted by Crippen LogP contribution is 2.36. The first-order valence-electron chi connectivity index (χ1n) is 5.50. The van der Waals surface area contributed by atoms with Crippen LogP contribution in [0.4, 0.5) is 0 Å². The monoisotopic (exact) mass is 249 g/mol. The van der Waals surface area contributed by atoms with Gasteiger partial charge in [-0.2, -0.15) is 5.10 Å². The molecule has 0 saturated heterocycles. The van der Waals surface area contributed by atoms with Crippen LogP contribution in [-0.2, 0) is 20.1 Å². The summed E-state index contributed by atoms with van der Waals surface area (Å²) in [5.41, 5.74) is 1.53. The second-order valence-corrected chi connectivity index (χ2v) is 3.99. The van der Waals surface area contributed by atoms with Crippen molar-refractivity contribution in [3.05, 3.63) is 35.7 Å². The number of aromatic nitrogens is 2. The largest absolute Gasteiger partial charge is 0.504 e. The molecule has 0 aliphatic rings. The van der Waals surface area contributed by atoms with E-state index in [1.165, 1.54) is 6.07 Å². The van der Waals surface area contributed by atoms with Crippen molar-refractivity contribution < 1.29 is 15.3 Å². The minimum Gasteiger partial charge on any atom is -0.504 e. The lowest BCUT2D eigenvalue weighted by molar-refractivity contribution is 0.364. The third-order valence-corrected chi connectivity index (χ3v) is 2.76. The maximum atomic E-state index is 9.62. The predicted molar refractivity (Wildman–Crippen MR) is 65.2 cm³/mol. The number of benzene rings is 1. The second kappa shape index (κ2) is 4.97. The Hall–Kier alpha value is -2.21. The molecule has 4 N–H and O–H groups in total. The first kappa shape index (κ1) is 12.3. The van der Waals surface area contributed by atoms with Gasteiger partial charge in [-0.15, -0.1) is 0 Å². The molecule has 0 fully saturated rings. The van der Waals surface area contributed by atoms with Gasteiger partial charge >= 0.3 is 0 Å². The maximum Gasteiger partial charge on any atom is 0.200 e. The topological polar surface area (TPSA) is 90.5 Å². The van der Waals surface area contributed by atoms with E-state index in [0.29, 0.717) is 18.7 Å². The molecule has 6 heteroatoms. The standard InChI is InChI=1S/C12H15N3O3/c1-15-9(4-5-14-15)7-13-6-8-2-3-10(16)12(18)11(8)17/h2-5,13,16-18H,6-7H2,1H3. The van der Waals surface area contributed by atoms with E-state index in [0.717, 1.165) is 5.69 Å². The summed E-state index contributed by atoms with van der Waals surface area (Å²) in [6, 6.07) is 4.79. The molecular formula is C12H15N3O3. The fourth-order valence-corrected chi connectivity index (χ4v) is 1.65. The predicted octanol–water partition coefficient (Wildman–Crippen LogP) is 0.827. The molecule has 2 aromatic rings. The van der Waals surface area contributed by atoms with E-state index >= 15 is 0 Å². The van der Waals surface area contributed by atoms with Gasteiger partial charge < -0.3 is 20.6 Å². The molecule has 0 aliphatic carbocycles. The lowest BCUT2D eigenvalue weighted by atomic mass is 10.1. The van der Waals surface area contributed by atoms with Crippen molar-refractivity contribution in [3.8, 4) is 17.2 Å². The number of rotatable bonds is 4. The van der Waals surface area contributed by atoms with Gasteiger partial charge in [0.15, 0.2) is 11.5 Å². The maximum absolute atomic E-state index is 9.62. The van der Waals surface area contributed by atoms with Gasteiger partial charge in [-0.05, 0) is 12.1 Å². The average Bonchev–Trinajstić information content (AvgIpc) is 2.75. The molecule has 0 amide bonds. The smallest absolute Gasteiger partial charge is 0.200 e. The van der Waals surface area contributed by atoms with Gasteiger partial charge in [0, 0.05) is 31.9 Å². The number of hydrogen-bond donors (Lipinski definition) is 4. The molecular weight excluding hydrogens is 234 g/mol. The Labute approximate surface area is 104 Å². The lowest BCUT2D eigenvalue weighted by Crippen LogP contribution is -2.15. The van der Waals surface area contributed by atoms with E-state index in [2.05, 4.69) is 10.4 Å². The van der Waals surface area contributed by atoms with Gasteiger partial charge in [-0.3, -0.25) is 4.68 Å². The van der Waals surface area contributed by atoms with Crippen LogP contribution in [0.3, 0.4) is 0 Å². The first-order chi connectivity index (χ1) is 8.59. The number of phenolic OH excluding ortho intramolecular Hbond substituents is 3. The van der Waals surface area contributed by atoms with Crippen LogP contribution in [0.2, 0.25) is 0 Å². The van der Waals surface area contributed by atoms with Crippen molar-refractivity contribution in [2.75, 3.05) is 0 Å². The second-order valence-electron chi connectivity index (χ2n) is 3.99. The summed E-state index contributed by atoms with van der Waals surface area (Å²) in [6.07, 6.45) is 1.71. The zero-order valence-electron chi connectivity index (χ0n) is 9.96. The van der Waals surface area contributed by atoms with Gasteiger partial charge in [0.2, 0.25) is 5.75 Å². The highest BCUT2D eigenvalue weighted by molar-refractivity contribution is 5.52. The normalized spacial score (nSPS) is 10.7.